The zero-order valence-corrected chi connectivity index (χ0v) is 12.6. The minimum absolute atomic E-state index is 0.253. The molecule has 0 unspecified atom stereocenters. The number of carbonyl (C=O) groups excluding carboxylic acids is 1. The molecular weight excluding hydrogens is 248 g/mol. The monoisotopic (exact) mass is 274 g/mol. The third kappa shape index (κ3) is 3.60. The average molecular weight is 274 g/mol. The predicted molar refractivity (Wildman–Crippen MR) is 82.7 cm³/mol. The normalized spacial score (nSPS) is 28.7. The second kappa shape index (κ2) is 6.89. The molecule has 1 saturated heterocycles. The van der Waals surface area contributed by atoms with Gasteiger partial charge in [-0.3, -0.25) is 4.79 Å². The molecule has 1 aromatic rings. The first-order chi connectivity index (χ1) is 9.69. The second-order valence-corrected chi connectivity index (χ2v) is 6.14. The minimum atomic E-state index is 0.253. The van der Waals surface area contributed by atoms with Crippen LogP contribution in [0.4, 0.5) is 0 Å². The van der Waals surface area contributed by atoms with Crippen LogP contribution in [0, 0.1) is 5.41 Å². The number of hydrogen-bond donors (Lipinski definition) is 2. The van der Waals surface area contributed by atoms with Gasteiger partial charge in [0.15, 0.2) is 0 Å². The van der Waals surface area contributed by atoms with E-state index in [4.69, 9.17) is 0 Å². The van der Waals surface area contributed by atoms with E-state index in [1.807, 2.05) is 14.1 Å². The fourth-order valence-corrected chi connectivity index (χ4v) is 3.39. The maximum Gasteiger partial charge on any atom is 0.220 e. The van der Waals surface area contributed by atoms with Crippen molar-refractivity contribution in [2.45, 2.75) is 38.0 Å². The summed E-state index contributed by atoms with van der Waals surface area (Å²) in [5, 5.41) is 5.75. The predicted octanol–water partition coefficient (Wildman–Crippen LogP) is 2.69. The number of amides is 1. The lowest BCUT2D eigenvalue weighted by Gasteiger charge is -2.36. The molecule has 1 aliphatic heterocycles. The molecular formula is C17H26N2O. The lowest BCUT2D eigenvalue weighted by molar-refractivity contribution is -0.119. The Kier molecular flexibility index (Phi) is 5.18. The molecule has 0 atom stereocenters. The Labute approximate surface area is 122 Å². The molecule has 0 bridgehead atoms. The van der Waals surface area contributed by atoms with Gasteiger partial charge in [0.1, 0.15) is 0 Å². The zero-order valence-electron chi connectivity index (χ0n) is 12.6. The molecule has 0 aromatic heterocycles. The van der Waals surface area contributed by atoms with Crippen molar-refractivity contribution in [2.75, 3.05) is 20.6 Å². The summed E-state index contributed by atoms with van der Waals surface area (Å²) in [4.78, 5) is 11.4. The van der Waals surface area contributed by atoms with Gasteiger partial charge >= 0.3 is 0 Å². The smallest absolute Gasteiger partial charge is 0.220 e. The number of benzene rings is 1. The first-order valence-corrected chi connectivity index (χ1v) is 7.59. The SMILES string of the molecule is CNC.O=C1CC2(CCC(c3ccccc3)CC2)CN1. The minimum Gasteiger partial charge on any atom is -0.356 e. The standard InChI is InChI=1S/C15H19NO.C2H7N/c17-14-10-15(11-16-14)8-6-13(7-9-15)12-4-2-1-3-5-12;1-3-2/h1-5,13H,6-11H2,(H,16,17);3H,1-2H3. The largest absolute Gasteiger partial charge is 0.356 e. The highest BCUT2D eigenvalue weighted by molar-refractivity contribution is 5.79. The summed E-state index contributed by atoms with van der Waals surface area (Å²) < 4.78 is 0. The third-order valence-electron chi connectivity index (χ3n) is 4.51. The Bertz CT molecular complexity index is 422. The summed E-state index contributed by atoms with van der Waals surface area (Å²) in [7, 11) is 3.75. The number of nitrogens with one attached hydrogen (secondary N) is 2. The molecule has 1 spiro atoms. The topological polar surface area (TPSA) is 41.1 Å². The van der Waals surface area contributed by atoms with E-state index >= 15 is 0 Å². The molecule has 1 aromatic carbocycles. The Morgan fingerprint density at radius 3 is 2.25 bits per heavy atom. The van der Waals surface area contributed by atoms with Crippen LogP contribution < -0.4 is 10.6 Å². The highest BCUT2D eigenvalue weighted by Gasteiger charge is 2.41. The van der Waals surface area contributed by atoms with Crippen LogP contribution in [0.15, 0.2) is 30.3 Å². The summed E-state index contributed by atoms with van der Waals surface area (Å²) in [6.07, 6.45) is 5.63. The van der Waals surface area contributed by atoms with Crippen molar-refractivity contribution in [1.29, 1.82) is 0 Å². The second-order valence-electron chi connectivity index (χ2n) is 6.14. The van der Waals surface area contributed by atoms with Gasteiger partial charge < -0.3 is 10.6 Å². The zero-order chi connectivity index (χ0) is 14.4. The molecule has 0 radical (unpaired) electrons. The lowest BCUT2D eigenvalue weighted by atomic mass is 9.68. The van der Waals surface area contributed by atoms with Gasteiger partial charge in [-0.15, -0.1) is 0 Å². The van der Waals surface area contributed by atoms with Crippen LogP contribution in [-0.4, -0.2) is 26.5 Å². The molecule has 1 aliphatic carbocycles. The molecule has 20 heavy (non-hydrogen) atoms. The first-order valence-electron chi connectivity index (χ1n) is 7.59. The van der Waals surface area contributed by atoms with Crippen LogP contribution >= 0.6 is 0 Å². The summed E-state index contributed by atoms with van der Waals surface area (Å²) in [5.41, 5.74) is 1.77. The number of rotatable bonds is 1. The Morgan fingerprint density at radius 1 is 1.15 bits per heavy atom. The van der Waals surface area contributed by atoms with Crippen LogP contribution in [0.5, 0.6) is 0 Å². The van der Waals surface area contributed by atoms with Crippen molar-refractivity contribution in [3.8, 4) is 0 Å². The van der Waals surface area contributed by atoms with Gasteiger partial charge in [0.2, 0.25) is 5.91 Å². The Morgan fingerprint density at radius 2 is 1.75 bits per heavy atom. The maximum absolute atomic E-state index is 11.4. The van der Waals surface area contributed by atoms with Gasteiger partial charge in [-0.2, -0.15) is 0 Å². The van der Waals surface area contributed by atoms with Gasteiger partial charge in [-0.25, -0.2) is 0 Å². The van der Waals surface area contributed by atoms with Crippen LogP contribution in [-0.2, 0) is 4.79 Å². The Hall–Kier alpha value is -1.35. The summed E-state index contributed by atoms with van der Waals surface area (Å²) >= 11 is 0. The van der Waals surface area contributed by atoms with E-state index in [-0.39, 0.29) is 5.91 Å². The molecule has 3 nitrogen and oxygen atoms in total. The van der Waals surface area contributed by atoms with Crippen LogP contribution in [0.2, 0.25) is 0 Å². The number of carbonyl (C=O) groups is 1. The van der Waals surface area contributed by atoms with Gasteiger partial charge in [0, 0.05) is 13.0 Å². The van der Waals surface area contributed by atoms with Crippen molar-refractivity contribution >= 4 is 5.91 Å². The molecule has 3 rings (SSSR count). The quantitative estimate of drug-likeness (QED) is 0.826. The van der Waals surface area contributed by atoms with E-state index in [0.29, 0.717) is 11.3 Å². The summed E-state index contributed by atoms with van der Waals surface area (Å²) in [5.74, 6) is 0.959. The lowest BCUT2D eigenvalue weighted by Crippen LogP contribution is -2.29. The van der Waals surface area contributed by atoms with Gasteiger partial charge in [-0.05, 0) is 56.7 Å². The average Bonchev–Trinajstić information content (AvgIpc) is 2.83. The maximum atomic E-state index is 11.4. The van der Waals surface area contributed by atoms with Crippen LogP contribution in [0.25, 0.3) is 0 Å². The fourth-order valence-electron chi connectivity index (χ4n) is 3.39. The summed E-state index contributed by atoms with van der Waals surface area (Å²) in [6.45, 7) is 0.910. The van der Waals surface area contributed by atoms with Crippen molar-refractivity contribution in [3.63, 3.8) is 0 Å². The first kappa shape index (κ1) is 15.0. The molecule has 3 heteroatoms. The van der Waals surface area contributed by atoms with Crippen molar-refractivity contribution < 1.29 is 4.79 Å². The highest BCUT2D eigenvalue weighted by Crippen LogP contribution is 2.46. The number of hydrogen-bond acceptors (Lipinski definition) is 2. The third-order valence-corrected chi connectivity index (χ3v) is 4.51. The van der Waals surface area contributed by atoms with Crippen molar-refractivity contribution in [1.82, 2.24) is 10.6 Å². The van der Waals surface area contributed by atoms with E-state index in [9.17, 15) is 4.79 Å². The van der Waals surface area contributed by atoms with Crippen LogP contribution in [0.1, 0.15) is 43.6 Å². The van der Waals surface area contributed by atoms with Crippen molar-refractivity contribution in [3.05, 3.63) is 35.9 Å². The van der Waals surface area contributed by atoms with E-state index < -0.39 is 0 Å². The van der Waals surface area contributed by atoms with Gasteiger partial charge in [-0.1, -0.05) is 30.3 Å². The van der Waals surface area contributed by atoms with Crippen molar-refractivity contribution in [2.24, 2.45) is 5.41 Å². The molecule has 2 fully saturated rings. The van der Waals surface area contributed by atoms with E-state index in [2.05, 4.69) is 41.0 Å². The molecule has 2 N–H and O–H groups in total. The van der Waals surface area contributed by atoms with Gasteiger partial charge in [0.25, 0.3) is 0 Å². The molecule has 2 aliphatic rings. The summed E-state index contributed by atoms with van der Waals surface area (Å²) in [6, 6.07) is 10.8. The van der Waals surface area contributed by atoms with Crippen LogP contribution in [0.3, 0.4) is 0 Å². The fraction of sp³-hybridized carbons (Fsp3) is 0.588. The van der Waals surface area contributed by atoms with E-state index in [1.165, 1.54) is 31.2 Å². The molecule has 1 saturated carbocycles. The molecule has 110 valence electrons. The van der Waals surface area contributed by atoms with E-state index in [1.54, 1.807) is 0 Å². The molecule has 1 amide bonds. The molecule has 1 heterocycles. The Balaban J connectivity index is 0.000000452. The van der Waals surface area contributed by atoms with E-state index in [0.717, 1.165) is 13.0 Å². The highest BCUT2D eigenvalue weighted by atomic mass is 16.1. The van der Waals surface area contributed by atoms with Gasteiger partial charge in [0.05, 0.1) is 0 Å².